The second-order valence-electron chi connectivity index (χ2n) is 6.48. The summed E-state index contributed by atoms with van der Waals surface area (Å²) >= 11 is 0. The molecule has 0 bridgehead atoms. The molecule has 0 saturated carbocycles. The van der Waals surface area contributed by atoms with Crippen LogP contribution in [0.1, 0.15) is 54.9 Å². The number of hydrogen-bond donors (Lipinski definition) is 2. The van der Waals surface area contributed by atoms with Crippen LogP contribution in [0.4, 0.5) is 11.4 Å². The van der Waals surface area contributed by atoms with Crippen molar-refractivity contribution in [2.24, 2.45) is 5.10 Å². The third-order valence-electron chi connectivity index (χ3n) is 4.17. The first kappa shape index (κ1) is 21.7. The van der Waals surface area contributed by atoms with Crippen molar-refractivity contribution in [1.82, 2.24) is 5.43 Å². The van der Waals surface area contributed by atoms with Gasteiger partial charge < -0.3 is 5.32 Å². The van der Waals surface area contributed by atoms with Gasteiger partial charge >= 0.3 is 0 Å². The fourth-order valence-electron chi connectivity index (χ4n) is 2.55. The molecule has 0 aliphatic rings. The van der Waals surface area contributed by atoms with Gasteiger partial charge in [0, 0.05) is 29.8 Å². The Morgan fingerprint density at radius 1 is 1.03 bits per heavy atom. The number of nitrogens with one attached hydrogen (secondary N) is 2. The normalized spacial score (nSPS) is 10.7. The van der Waals surface area contributed by atoms with Crippen molar-refractivity contribution in [3.05, 3.63) is 69.8 Å². The van der Waals surface area contributed by atoms with Crippen molar-refractivity contribution in [2.75, 3.05) is 5.32 Å². The summed E-state index contributed by atoms with van der Waals surface area (Å²) in [5.41, 5.74) is 4.03. The van der Waals surface area contributed by atoms with E-state index in [9.17, 15) is 19.7 Å². The number of nitro benzene ring substituents is 1. The molecular weight excluding hydrogens is 372 g/mol. The van der Waals surface area contributed by atoms with E-state index in [-0.39, 0.29) is 11.6 Å². The van der Waals surface area contributed by atoms with Gasteiger partial charge in [0.05, 0.1) is 11.1 Å². The summed E-state index contributed by atoms with van der Waals surface area (Å²) < 4.78 is 0. The van der Waals surface area contributed by atoms with Crippen LogP contribution in [0.2, 0.25) is 0 Å². The van der Waals surface area contributed by atoms with Gasteiger partial charge in [-0.2, -0.15) is 5.10 Å². The van der Waals surface area contributed by atoms with Crippen LogP contribution in [0.3, 0.4) is 0 Å². The molecule has 0 fully saturated rings. The van der Waals surface area contributed by atoms with Gasteiger partial charge in [-0.15, -0.1) is 0 Å². The number of nitro groups is 1. The zero-order valence-corrected chi connectivity index (χ0v) is 16.3. The first-order valence-electron chi connectivity index (χ1n) is 9.47. The maximum Gasteiger partial charge on any atom is 0.271 e. The number of unbranched alkanes of at least 4 members (excludes halogenated alkanes) is 3. The lowest BCUT2D eigenvalue weighted by Crippen LogP contribution is -2.17. The monoisotopic (exact) mass is 396 g/mol. The molecule has 0 saturated heterocycles. The van der Waals surface area contributed by atoms with Crippen molar-refractivity contribution in [3.63, 3.8) is 0 Å². The number of benzene rings is 2. The van der Waals surface area contributed by atoms with Gasteiger partial charge in [-0.3, -0.25) is 19.7 Å². The van der Waals surface area contributed by atoms with Crippen LogP contribution in [-0.4, -0.2) is 23.0 Å². The molecule has 0 aromatic heterocycles. The van der Waals surface area contributed by atoms with E-state index in [2.05, 4.69) is 22.8 Å². The highest BCUT2D eigenvalue weighted by Crippen LogP contribution is 2.12. The molecule has 2 aromatic rings. The van der Waals surface area contributed by atoms with Gasteiger partial charge in [-0.05, 0) is 48.4 Å². The molecule has 0 atom stereocenters. The van der Waals surface area contributed by atoms with Crippen molar-refractivity contribution in [2.45, 2.75) is 39.0 Å². The summed E-state index contributed by atoms with van der Waals surface area (Å²) in [5.74, 6) is -0.438. The van der Waals surface area contributed by atoms with Crippen LogP contribution in [0.15, 0.2) is 53.6 Å². The van der Waals surface area contributed by atoms with Crippen LogP contribution in [-0.2, 0) is 4.79 Å². The molecule has 0 spiro atoms. The van der Waals surface area contributed by atoms with Crippen LogP contribution in [0.25, 0.3) is 0 Å². The fraction of sp³-hybridized carbons (Fsp3) is 0.286. The Balaban J connectivity index is 1.82. The summed E-state index contributed by atoms with van der Waals surface area (Å²) in [7, 11) is 0. The van der Waals surface area contributed by atoms with Crippen molar-refractivity contribution in [3.8, 4) is 0 Å². The third-order valence-corrected chi connectivity index (χ3v) is 4.17. The van der Waals surface area contributed by atoms with E-state index in [1.807, 2.05) is 0 Å². The minimum atomic E-state index is -0.485. The van der Waals surface area contributed by atoms with Gasteiger partial charge in [0.25, 0.3) is 11.6 Å². The molecule has 152 valence electrons. The van der Waals surface area contributed by atoms with Crippen LogP contribution >= 0.6 is 0 Å². The summed E-state index contributed by atoms with van der Waals surface area (Å²) in [6.07, 6.45) is 6.05. The number of non-ortho nitro benzene ring substituents is 1. The average Bonchev–Trinajstić information content (AvgIpc) is 2.72. The zero-order chi connectivity index (χ0) is 21.1. The first-order valence-corrected chi connectivity index (χ1v) is 9.47. The predicted molar refractivity (Wildman–Crippen MR) is 112 cm³/mol. The molecule has 0 aliphatic heterocycles. The number of hydrazone groups is 1. The zero-order valence-electron chi connectivity index (χ0n) is 16.3. The lowest BCUT2D eigenvalue weighted by molar-refractivity contribution is -0.384. The maximum absolute atomic E-state index is 12.1. The van der Waals surface area contributed by atoms with Crippen molar-refractivity contribution in [1.29, 1.82) is 0 Å². The molecule has 8 nitrogen and oxygen atoms in total. The molecule has 0 unspecified atom stereocenters. The highest BCUT2D eigenvalue weighted by atomic mass is 16.6. The molecule has 8 heteroatoms. The van der Waals surface area contributed by atoms with Gasteiger partial charge in [-0.1, -0.05) is 26.2 Å². The third kappa shape index (κ3) is 7.53. The molecule has 0 heterocycles. The number of carbonyl (C=O) groups is 2. The smallest absolute Gasteiger partial charge is 0.271 e. The highest BCUT2D eigenvalue weighted by Gasteiger charge is 2.06. The van der Waals surface area contributed by atoms with Gasteiger partial charge in [-0.25, -0.2) is 5.43 Å². The van der Waals surface area contributed by atoms with E-state index in [4.69, 9.17) is 0 Å². The quantitative estimate of drug-likeness (QED) is 0.270. The standard InChI is InChI=1S/C21H24N4O4/c1-2-3-4-5-6-20(26)23-18-11-9-17(10-12-18)21(27)24-22-15-16-7-13-19(14-8-16)25(28)29/h7-15H,2-6H2,1H3,(H,23,26)(H,24,27)/b22-15+. The molecule has 29 heavy (non-hydrogen) atoms. The van der Waals surface area contributed by atoms with Crippen LogP contribution in [0.5, 0.6) is 0 Å². The summed E-state index contributed by atoms with van der Waals surface area (Å²) in [6.45, 7) is 2.12. The van der Waals surface area contributed by atoms with E-state index in [0.29, 0.717) is 23.2 Å². The molecular formula is C21H24N4O4. The fourth-order valence-corrected chi connectivity index (χ4v) is 2.55. The largest absolute Gasteiger partial charge is 0.326 e. The van der Waals surface area contributed by atoms with E-state index < -0.39 is 10.8 Å². The summed E-state index contributed by atoms with van der Waals surface area (Å²) in [4.78, 5) is 34.1. The number of carbonyl (C=O) groups excluding carboxylic acids is 2. The Bertz CT molecular complexity index is 861. The summed E-state index contributed by atoms with van der Waals surface area (Å²) in [5, 5.41) is 17.3. The average molecular weight is 396 g/mol. The molecule has 0 radical (unpaired) electrons. The number of nitrogens with zero attached hydrogens (tertiary/aromatic N) is 2. The number of rotatable bonds is 10. The Kier molecular flexibility index (Phi) is 8.50. The minimum absolute atomic E-state index is 0.0145. The Morgan fingerprint density at radius 3 is 2.34 bits per heavy atom. The SMILES string of the molecule is CCCCCCC(=O)Nc1ccc(C(=O)N/N=C/c2ccc([N+](=O)[O-])cc2)cc1. The number of hydrogen-bond acceptors (Lipinski definition) is 5. The molecule has 2 N–H and O–H groups in total. The van der Waals surface area contributed by atoms with Gasteiger partial charge in [0.15, 0.2) is 0 Å². The summed E-state index contributed by atoms with van der Waals surface area (Å²) in [6, 6.07) is 12.3. The molecule has 2 rings (SSSR count). The second kappa shape index (κ2) is 11.3. The Labute approximate surface area is 169 Å². The first-order chi connectivity index (χ1) is 14.0. The number of amides is 2. The van der Waals surface area contributed by atoms with Gasteiger partial charge in [0.2, 0.25) is 5.91 Å². The molecule has 2 aromatic carbocycles. The van der Waals surface area contributed by atoms with Crippen LogP contribution < -0.4 is 10.7 Å². The lowest BCUT2D eigenvalue weighted by atomic mass is 10.1. The van der Waals surface area contributed by atoms with E-state index in [1.54, 1.807) is 24.3 Å². The maximum atomic E-state index is 12.1. The van der Waals surface area contributed by atoms with E-state index in [0.717, 1.165) is 25.7 Å². The van der Waals surface area contributed by atoms with Crippen molar-refractivity contribution < 1.29 is 14.5 Å². The Morgan fingerprint density at radius 2 is 1.72 bits per heavy atom. The van der Waals surface area contributed by atoms with Crippen LogP contribution in [0, 0.1) is 10.1 Å². The van der Waals surface area contributed by atoms with E-state index in [1.165, 1.54) is 30.5 Å². The molecule has 2 amide bonds. The predicted octanol–water partition coefficient (Wildman–Crippen LogP) is 4.27. The second-order valence-corrected chi connectivity index (χ2v) is 6.48. The van der Waals surface area contributed by atoms with Crippen molar-refractivity contribution >= 4 is 29.4 Å². The van der Waals surface area contributed by atoms with E-state index >= 15 is 0 Å². The topological polar surface area (TPSA) is 114 Å². The number of anilines is 1. The minimum Gasteiger partial charge on any atom is -0.326 e. The highest BCUT2D eigenvalue weighted by molar-refractivity contribution is 5.96. The molecule has 0 aliphatic carbocycles. The van der Waals surface area contributed by atoms with Gasteiger partial charge in [0.1, 0.15) is 0 Å². The lowest BCUT2D eigenvalue weighted by Gasteiger charge is -2.06. The Hall–Kier alpha value is -3.55.